The molecule has 1 unspecified atom stereocenters. The Morgan fingerprint density at radius 3 is 2.24 bits per heavy atom. The number of rotatable bonds is 10. The number of nitrogen functional groups attached to an aromatic ring is 1. The lowest BCUT2D eigenvalue weighted by atomic mass is 10.5. The van der Waals surface area contributed by atoms with E-state index in [1.807, 2.05) is 0 Å². The molecular formula is C14H28N6O7P2. The fourth-order valence-electron chi connectivity index (χ4n) is 2.27. The van der Waals surface area contributed by atoms with Gasteiger partial charge in [0.15, 0.2) is 11.5 Å². The third-order valence-electron chi connectivity index (χ3n) is 3.74. The lowest BCUT2D eigenvalue weighted by Gasteiger charge is -2.13. The molecule has 2 rings (SSSR count). The predicted molar refractivity (Wildman–Crippen MR) is 107 cm³/mol. The fourth-order valence-corrected chi connectivity index (χ4v) is 4.14. The molecule has 15 heteroatoms. The van der Waals surface area contributed by atoms with Gasteiger partial charge >= 0.3 is 15.4 Å². The van der Waals surface area contributed by atoms with E-state index in [9.17, 15) is 14.0 Å². The number of hydrogen-bond acceptors (Lipinski definition) is 9. The van der Waals surface area contributed by atoms with Gasteiger partial charge in [-0.3, -0.25) is 4.57 Å². The van der Waals surface area contributed by atoms with Crippen LogP contribution in [0.3, 0.4) is 0 Å². The van der Waals surface area contributed by atoms with Crippen LogP contribution in [0.2, 0.25) is 0 Å². The van der Waals surface area contributed by atoms with Crippen LogP contribution in [-0.4, -0.2) is 71.7 Å². The van der Waals surface area contributed by atoms with Gasteiger partial charge in [-0.25, -0.2) is 23.8 Å². The zero-order valence-corrected chi connectivity index (χ0v) is 18.4. The Kier molecular flexibility index (Phi) is 10.3. The summed E-state index contributed by atoms with van der Waals surface area (Å²) in [7, 11) is -9.59. The molecule has 0 aliphatic rings. The van der Waals surface area contributed by atoms with E-state index in [4.69, 9.17) is 20.3 Å². The van der Waals surface area contributed by atoms with E-state index in [-0.39, 0.29) is 19.0 Å². The van der Waals surface area contributed by atoms with Gasteiger partial charge in [-0.2, -0.15) is 0 Å². The molecule has 1 atom stereocenters. The van der Waals surface area contributed by atoms with Crippen LogP contribution in [0.1, 0.15) is 20.8 Å². The van der Waals surface area contributed by atoms with E-state index >= 15 is 0 Å². The van der Waals surface area contributed by atoms with Crippen molar-refractivity contribution in [3.05, 3.63) is 12.7 Å². The van der Waals surface area contributed by atoms with Gasteiger partial charge in [0.05, 0.1) is 12.9 Å². The first-order valence-corrected chi connectivity index (χ1v) is 12.1. The molecule has 0 spiro atoms. The highest BCUT2D eigenvalue weighted by Crippen LogP contribution is 2.56. The van der Waals surface area contributed by atoms with Crippen molar-refractivity contribution < 1.29 is 32.9 Å². The highest BCUT2D eigenvalue weighted by Gasteiger charge is 2.30. The van der Waals surface area contributed by atoms with Crippen LogP contribution in [0.4, 0.5) is 5.82 Å². The second-order valence-electron chi connectivity index (χ2n) is 5.74. The third-order valence-corrected chi connectivity index (χ3v) is 6.12. The maximum atomic E-state index is 11.3. The van der Waals surface area contributed by atoms with E-state index in [1.54, 1.807) is 4.57 Å². The topological polar surface area (TPSA) is 186 Å². The SMILES string of the molecule is CCN(CC)CC.Nc1ncnc2c1ncn2CCOCP(=O)(O)OP(=O)(O)O. The average molecular weight is 454 g/mol. The van der Waals surface area contributed by atoms with Crippen LogP contribution in [0.5, 0.6) is 0 Å². The van der Waals surface area contributed by atoms with Crippen LogP contribution in [0, 0.1) is 0 Å². The number of aromatic nitrogens is 4. The van der Waals surface area contributed by atoms with Crippen LogP contribution in [-0.2, 0) is 24.7 Å². The van der Waals surface area contributed by atoms with Gasteiger partial charge < -0.3 is 34.6 Å². The number of nitrogens with zero attached hydrogens (tertiary/aromatic N) is 5. The van der Waals surface area contributed by atoms with E-state index in [0.717, 1.165) is 0 Å². The number of nitrogens with two attached hydrogens (primary N) is 1. The number of ether oxygens (including phenoxy) is 1. The summed E-state index contributed by atoms with van der Waals surface area (Å²) in [6.07, 6.45) is 1.86. The predicted octanol–water partition coefficient (Wildman–Crippen LogP) is 1.03. The van der Waals surface area contributed by atoms with E-state index in [1.165, 1.54) is 32.3 Å². The molecule has 0 radical (unpaired) electrons. The van der Waals surface area contributed by atoms with E-state index in [0.29, 0.717) is 11.2 Å². The molecule has 2 aromatic heterocycles. The molecule has 0 aliphatic heterocycles. The third kappa shape index (κ3) is 9.28. The molecule has 2 aromatic rings. The summed E-state index contributed by atoms with van der Waals surface area (Å²) in [6.45, 7) is 10.3. The molecule has 13 nitrogen and oxygen atoms in total. The summed E-state index contributed by atoms with van der Waals surface area (Å²) in [4.78, 5) is 40.3. The van der Waals surface area contributed by atoms with Crippen molar-refractivity contribution in [1.82, 2.24) is 24.4 Å². The van der Waals surface area contributed by atoms with Crippen molar-refractivity contribution in [2.75, 3.05) is 38.3 Å². The molecule has 2 heterocycles. The highest BCUT2D eigenvalue weighted by atomic mass is 31.3. The second kappa shape index (κ2) is 11.7. The largest absolute Gasteiger partial charge is 0.476 e. The lowest BCUT2D eigenvalue weighted by Crippen LogP contribution is -2.21. The summed E-state index contributed by atoms with van der Waals surface area (Å²) < 4.78 is 32.0. The maximum absolute atomic E-state index is 11.3. The van der Waals surface area contributed by atoms with Gasteiger partial charge in [-0.1, -0.05) is 20.8 Å². The highest BCUT2D eigenvalue weighted by molar-refractivity contribution is 7.63. The number of anilines is 1. The fraction of sp³-hybridized carbons (Fsp3) is 0.643. The minimum Gasteiger partial charge on any atom is -0.382 e. The second-order valence-corrected chi connectivity index (χ2v) is 8.90. The molecule has 0 saturated carbocycles. The molecule has 0 bridgehead atoms. The van der Waals surface area contributed by atoms with Gasteiger partial charge in [0, 0.05) is 6.54 Å². The van der Waals surface area contributed by atoms with Crippen molar-refractivity contribution in [1.29, 1.82) is 0 Å². The van der Waals surface area contributed by atoms with Crippen LogP contribution in [0.15, 0.2) is 12.7 Å². The van der Waals surface area contributed by atoms with Crippen molar-refractivity contribution in [3.63, 3.8) is 0 Å². The monoisotopic (exact) mass is 454 g/mol. The Labute approximate surface area is 168 Å². The van der Waals surface area contributed by atoms with Crippen molar-refractivity contribution in [2.45, 2.75) is 27.3 Å². The molecule has 5 N–H and O–H groups in total. The summed E-state index contributed by atoms with van der Waals surface area (Å²) >= 11 is 0. The summed E-state index contributed by atoms with van der Waals surface area (Å²) in [5, 5.41) is 0. The van der Waals surface area contributed by atoms with Gasteiger partial charge in [-0.15, -0.1) is 0 Å². The Bertz CT molecular complexity index is 849. The Morgan fingerprint density at radius 1 is 1.10 bits per heavy atom. The Morgan fingerprint density at radius 2 is 1.72 bits per heavy atom. The van der Waals surface area contributed by atoms with Gasteiger partial charge in [0.2, 0.25) is 0 Å². The standard InChI is InChI=1S/C8H13N5O7P2.C6H15N/c9-7-6-8(11-3-10-7)13(4-12-6)1-2-19-5-21(14,15)20-22(16,17)18;1-4-7(5-2)6-3/h3-4H,1-2,5H2,(H,14,15)(H2,9,10,11)(H2,16,17,18);4-6H2,1-3H3. The quantitative estimate of drug-likeness (QED) is 0.295. The minimum atomic E-state index is -5.06. The van der Waals surface area contributed by atoms with E-state index < -0.39 is 21.8 Å². The minimum absolute atomic E-state index is 0.0373. The molecule has 0 saturated heterocycles. The smallest absolute Gasteiger partial charge is 0.382 e. The average Bonchev–Trinajstić information content (AvgIpc) is 3.03. The molecule has 0 fully saturated rings. The first-order valence-electron chi connectivity index (χ1n) is 8.83. The number of imidazole rings is 1. The van der Waals surface area contributed by atoms with Crippen LogP contribution >= 0.6 is 15.4 Å². The Balaban J connectivity index is 0.000000516. The van der Waals surface area contributed by atoms with Gasteiger partial charge in [0.25, 0.3) is 0 Å². The first-order chi connectivity index (χ1) is 13.5. The maximum Gasteiger partial charge on any atom is 0.476 e. The van der Waals surface area contributed by atoms with Crippen molar-refractivity contribution >= 4 is 32.4 Å². The lowest BCUT2D eigenvalue weighted by molar-refractivity contribution is 0.146. The van der Waals surface area contributed by atoms with Gasteiger partial charge in [0.1, 0.15) is 18.2 Å². The molecular weight excluding hydrogens is 426 g/mol. The van der Waals surface area contributed by atoms with Crippen molar-refractivity contribution in [3.8, 4) is 0 Å². The van der Waals surface area contributed by atoms with Gasteiger partial charge in [-0.05, 0) is 19.6 Å². The molecule has 0 aromatic carbocycles. The number of fused-ring (bicyclic) bond motifs is 1. The zero-order valence-electron chi connectivity index (χ0n) is 16.6. The molecule has 166 valence electrons. The number of hydrogen-bond donors (Lipinski definition) is 4. The first kappa shape index (κ1) is 25.6. The Hall–Kier alpha value is -1.43. The normalized spacial score (nSPS) is 13.9. The molecule has 0 amide bonds. The summed E-state index contributed by atoms with van der Waals surface area (Å²) in [6, 6.07) is 0. The molecule has 29 heavy (non-hydrogen) atoms. The zero-order chi connectivity index (χ0) is 22.1. The summed E-state index contributed by atoms with van der Waals surface area (Å²) in [5.74, 6) is 0.222. The summed E-state index contributed by atoms with van der Waals surface area (Å²) in [5.41, 5.74) is 6.51. The number of phosphoric acid groups is 1. The van der Waals surface area contributed by atoms with Crippen LogP contribution in [0.25, 0.3) is 11.2 Å². The van der Waals surface area contributed by atoms with Crippen molar-refractivity contribution in [2.24, 2.45) is 0 Å². The van der Waals surface area contributed by atoms with Crippen LogP contribution < -0.4 is 5.73 Å². The molecule has 0 aliphatic carbocycles. The van der Waals surface area contributed by atoms with E-state index in [2.05, 4.69) is 44.9 Å².